The molecule has 0 unspecified atom stereocenters. The van der Waals surface area contributed by atoms with E-state index >= 15 is 0 Å². The first-order valence-corrected chi connectivity index (χ1v) is 9.56. The summed E-state index contributed by atoms with van der Waals surface area (Å²) < 4.78 is 24.1. The predicted molar refractivity (Wildman–Crippen MR) is 111 cm³/mol. The number of hydrogen-bond acceptors (Lipinski definition) is 5. The number of fused-ring (bicyclic) bond motifs is 1. The molecular weight excluding hydrogens is 387 g/mol. The molecule has 3 rings (SSSR count). The Bertz CT molecular complexity index is 1080. The van der Waals surface area contributed by atoms with Crippen molar-refractivity contribution in [3.63, 3.8) is 0 Å². The number of carbonyl (C=O) groups excluding carboxylic acids is 2. The summed E-state index contributed by atoms with van der Waals surface area (Å²) in [7, 11) is 1.39. The normalized spacial score (nSPS) is 10.7. The van der Waals surface area contributed by atoms with E-state index < -0.39 is 18.4 Å². The van der Waals surface area contributed by atoms with Crippen molar-refractivity contribution in [1.29, 1.82) is 0 Å². The van der Waals surface area contributed by atoms with Crippen LogP contribution in [0.2, 0.25) is 0 Å². The minimum Gasteiger partial charge on any atom is -0.494 e. The second-order valence-corrected chi connectivity index (χ2v) is 6.78. The largest absolute Gasteiger partial charge is 0.494 e. The predicted octanol–water partition coefficient (Wildman–Crippen LogP) is 3.90. The van der Waals surface area contributed by atoms with Gasteiger partial charge in [0.15, 0.2) is 18.2 Å². The molecule has 7 heteroatoms. The van der Waals surface area contributed by atoms with Crippen molar-refractivity contribution in [2.45, 2.75) is 20.4 Å². The Morgan fingerprint density at radius 3 is 2.60 bits per heavy atom. The average Bonchev–Trinajstić information content (AvgIpc) is 2.75. The highest BCUT2D eigenvalue weighted by Gasteiger charge is 2.18. The number of para-hydroxylation sites is 1. The van der Waals surface area contributed by atoms with Crippen LogP contribution in [0.1, 0.15) is 28.5 Å². The second-order valence-electron chi connectivity index (χ2n) is 6.78. The standard InChI is InChI=1S/C23H23FN2O4/c1-4-26(13-16-9-10-21(29-3)19(24)12-16)22(27)14-30-23(28)18-11-15(2)25-20-8-6-5-7-17(18)20/h5-12H,4,13-14H2,1-3H3. The Balaban J connectivity index is 1.68. The van der Waals surface area contributed by atoms with E-state index in [1.54, 1.807) is 32.0 Å². The van der Waals surface area contributed by atoms with Gasteiger partial charge >= 0.3 is 5.97 Å². The van der Waals surface area contributed by atoms with Crippen molar-refractivity contribution in [3.8, 4) is 5.75 Å². The summed E-state index contributed by atoms with van der Waals surface area (Å²) in [5.41, 5.74) is 2.35. The fraction of sp³-hybridized carbons (Fsp3) is 0.261. The highest BCUT2D eigenvalue weighted by Crippen LogP contribution is 2.20. The first kappa shape index (κ1) is 21.2. The summed E-state index contributed by atoms with van der Waals surface area (Å²) in [5, 5.41) is 0.668. The third-order valence-electron chi connectivity index (χ3n) is 4.71. The molecule has 0 aliphatic carbocycles. The Kier molecular flexibility index (Phi) is 6.61. The minimum atomic E-state index is -0.586. The quantitative estimate of drug-likeness (QED) is 0.553. The van der Waals surface area contributed by atoms with Crippen LogP contribution in [-0.4, -0.2) is 42.0 Å². The minimum absolute atomic E-state index is 0.141. The van der Waals surface area contributed by atoms with E-state index in [1.165, 1.54) is 24.1 Å². The maximum Gasteiger partial charge on any atom is 0.339 e. The molecule has 30 heavy (non-hydrogen) atoms. The lowest BCUT2D eigenvalue weighted by atomic mass is 10.1. The first-order valence-electron chi connectivity index (χ1n) is 9.56. The number of hydrogen-bond donors (Lipinski definition) is 0. The molecule has 6 nitrogen and oxygen atoms in total. The number of carbonyl (C=O) groups is 2. The number of ether oxygens (including phenoxy) is 2. The number of aryl methyl sites for hydroxylation is 1. The molecule has 0 aliphatic heterocycles. The lowest BCUT2D eigenvalue weighted by Crippen LogP contribution is -2.34. The molecule has 0 fully saturated rings. The third-order valence-corrected chi connectivity index (χ3v) is 4.71. The van der Waals surface area contributed by atoms with Gasteiger partial charge in [0.1, 0.15) is 0 Å². The molecule has 0 atom stereocenters. The molecule has 3 aromatic rings. The molecule has 0 spiro atoms. The first-order chi connectivity index (χ1) is 14.4. The molecule has 156 valence electrons. The highest BCUT2D eigenvalue weighted by molar-refractivity contribution is 6.04. The van der Waals surface area contributed by atoms with Crippen molar-refractivity contribution in [2.75, 3.05) is 20.3 Å². The Morgan fingerprint density at radius 2 is 1.90 bits per heavy atom. The van der Waals surface area contributed by atoms with E-state index in [1.807, 2.05) is 18.2 Å². The molecule has 0 radical (unpaired) electrons. The van der Waals surface area contributed by atoms with Crippen LogP contribution in [0.4, 0.5) is 4.39 Å². The maximum absolute atomic E-state index is 13.9. The molecule has 2 aromatic carbocycles. The van der Waals surface area contributed by atoms with Crippen molar-refractivity contribution in [1.82, 2.24) is 9.88 Å². The molecule has 1 aromatic heterocycles. The molecule has 0 bridgehead atoms. The maximum atomic E-state index is 13.9. The molecular formula is C23H23FN2O4. The van der Waals surface area contributed by atoms with E-state index in [9.17, 15) is 14.0 Å². The van der Waals surface area contributed by atoms with Gasteiger partial charge in [-0.25, -0.2) is 9.18 Å². The summed E-state index contributed by atoms with van der Waals surface area (Å²) in [6.45, 7) is 3.79. The van der Waals surface area contributed by atoms with Gasteiger partial charge in [-0.1, -0.05) is 24.3 Å². The van der Waals surface area contributed by atoms with E-state index in [0.29, 0.717) is 34.3 Å². The van der Waals surface area contributed by atoms with Gasteiger partial charge in [0.05, 0.1) is 18.2 Å². The Morgan fingerprint density at radius 1 is 1.13 bits per heavy atom. The number of likely N-dealkylation sites (N-methyl/N-ethyl adjacent to an activating group) is 1. The van der Waals surface area contributed by atoms with E-state index in [2.05, 4.69) is 4.98 Å². The van der Waals surface area contributed by atoms with Crippen molar-refractivity contribution < 1.29 is 23.5 Å². The number of halogens is 1. The van der Waals surface area contributed by atoms with Gasteiger partial charge < -0.3 is 14.4 Å². The van der Waals surface area contributed by atoms with Crippen LogP contribution in [0.5, 0.6) is 5.75 Å². The van der Waals surface area contributed by atoms with Crippen LogP contribution in [0.3, 0.4) is 0 Å². The Labute approximate surface area is 174 Å². The molecule has 0 saturated heterocycles. The summed E-state index contributed by atoms with van der Waals surface area (Å²) in [4.78, 5) is 31.1. The number of rotatable bonds is 7. The van der Waals surface area contributed by atoms with E-state index in [-0.39, 0.29) is 18.2 Å². The van der Waals surface area contributed by atoms with Crippen LogP contribution in [0.15, 0.2) is 48.5 Å². The van der Waals surface area contributed by atoms with Gasteiger partial charge in [-0.05, 0) is 43.7 Å². The zero-order valence-electron chi connectivity index (χ0n) is 17.1. The van der Waals surface area contributed by atoms with E-state index in [4.69, 9.17) is 9.47 Å². The molecule has 0 aliphatic rings. The highest BCUT2D eigenvalue weighted by atomic mass is 19.1. The average molecular weight is 410 g/mol. The van der Waals surface area contributed by atoms with Crippen LogP contribution in [-0.2, 0) is 16.1 Å². The van der Waals surface area contributed by atoms with Gasteiger partial charge in [0.25, 0.3) is 5.91 Å². The smallest absolute Gasteiger partial charge is 0.339 e. The monoisotopic (exact) mass is 410 g/mol. The fourth-order valence-electron chi connectivity index (χ4n) is 3.18. The SMILES string of the molecule is CCN(Cc1ccc(OC)c(F)c1)C(=O)COC(=O)c1cc(C)nc2ccccc12. The number of amides is 1. The van der Waals surface area contributed by atoms with Crippen LogP contribution in [0, 0.1) is 12.7 Å². The van der Waals surface area contributed by atoms with Gasteiger partial charge in [-0.3, -0.25) is 9.78 Å². The summed E-state index contributed by atoms with van der Waals surface area (Å²) in [6.07, 6.45) is 0. The summed E-state index contributed by atoms with van der Waals surface area (Å²) in [5.74, 6) is -1.31. The van der Waals surface area contributed by atoms with Crippen molar-refractivity contribution in [3.05, 3.63) is 71.2 Å². The second kappa shape index (κ2) is 9.35. The zero-order valence-corrected chi connectivity index (χ0v) is 17.1. The molecule has 1 amide bonds. The van der Waals surface area contributed by atoms with Crippen LogP contribution >= 0.6 is 0 Å². The topological polar surface area (TPSA) is 68.7 Å². The summed E-state index contributed by atoms with van der Waals surface area (Å²) >= 11 is 0. The van der Waals surface area contributed by atoms with Crippen LogP contribution in [0.25, 0.3) is 10.9 Å². The molecule has 0 saturated carbocycles. The van der Waals surface area contributed by atoms with Gasteiger partial charge in [0, 0.05) is 24.2 Å². The third kappa shape index (κ3) is 4.74. The number of pyridine rings is 1. The number of benzene rings is 2. The summed E-state index contributed by atoms with van der Waals surface area (Å²) in [6, 6.07) is 13.4. The number of esters is 1. The van der Waals surface area contributed by atoms with Crippen molar-refractivity contribution in [2.24, 2.45) is 0 Å². The lowest BCUT2D eigenvalue weighted by Gasteiger charge is -2.21. The number of nitrogens with zero attached hydrogens (tertiary/aromatic N) is 2. The van der Waals surface area contributed by atoms with Gasteiger partial charge in [-0.15, -0.1) is 0 Å². The van der Waals surface area contributed by atoms with Gasteiger partial charge in [0.2, 0.25) is 0 Å². The lowest BCUT2D eigenvalue weighted by molar-refractivity contribution is -0.134. The van der Waals surface area contributed by atoms with Gasteiger partial charge in [-0.2, -0.15) is 0 Å². The fourth-order valence-corrected chi connectivity index (χ4v) is 3.18. The van der Waals surface area contributed by atoms with Crippen LogP contribution < -0.4 is 4.74 Å². The Hall–Kier alpha value is -3.48. The zero-order chi connectivity index (χ0) is 21.7. The number of methoxy groups -OCH3 is 1. The van der Waals surface area contributed by atoms with E-state index in [0.717, 1.165) is 0 Å². The molecule has 0 N–H and O–H groups in total. The number of aromatic nitrogens is 1. The molecule has 1 heterocycles. The van der Waals surface area contributed by atoms with Crippen molar-refractivity contribution >= 4 is 22.8 Å².